The third-order valence-electron chi connectivity index (χ3n) is 11.1. The van der Waals surface area contributed by atoms with E-state index in [0.717, 1.165) is 42.6 Å². The Kier molecular flexibility index (Phi) is 13.3. The fourth-order valence-electron chi connectivity index (χ4n) is 8.00. The number of hydrogen-bond acceptors (Lipinski definition) is 12. The van der Waals surface area contributed by atoms with Crippen molar-refractivity contribution >= 4 is 35.8 Å². The number of nitrogens with zero attached hydrogens (tertiary/aromatic N) is 2. The number of rotatable bonds is 17. The van der Waals surface area contributed by atoms with Gasteiger partial charge in [-0.2, -0.15) is 0 Å². The van der Waals surface area contributed by atoms with Crippen molar-refractivity contribution in [1.82, 2.24) is 14.2 Å². The van der Waals surface area contributed by atoms with Gasteiger partial charge in [0.2, 0.25) is 5.12 Å². The summed E-state index contributed by atoms with van der Waals surface area (Å²) < 4.78 is 43.2. The second-order valence-corrected chi connectivity index (χ2v) is 19.6. The Balaban J connectivity index is 1.16. The first-order chi connectivity index (χ1) is 29.2. The molecule has 4 aromatic carbocycles. The zero-order valence-corrected chi connectivity index (χ0v) is 36.2. The number of carbonyl (C=O) groups excluding carboxylic acids is 1. The number of H-pyrrole nitrogens is 1. The van der Waals surface area contributed by atoms with Gasteiger partial charge in [-0.1, -0.05) is 108 Å². The predicted octanol–water partition coefficient (Wildman–Crippen LogP) is 7.55. The molecule has 0 radical (unpaired) electrons. The van der Waals surface area contributed by atoms with Gasteiger partial charge in [0.15, 0.2) is 13.7 Å². The summed E-state index contributed by atoms with van der Waals surface area (Å²) in [5.41, 5.74) is 0.207. The van der Waals surface area contributed by atoms with E-state index in [1.807, 2.05) is 109 Å². The van der Waals surface area contributed by atoms with E-state index in [-0.39, 0.29) is 18.3 Å². The highest BCUT2D eigenvalue weighted by atomic mass is 32.7. The first-order valence-corrected chi connectivity index (χ1v) is 23.7. The second kappa shape index (κ2) is 18.8. The third-order valence-corrected chi connectivity index (χ3v) is 16.3. The molecule has 60 heavy (non-hydrogen) atoms. The summed E-state index contributed by atoms with van der Waals surface area (Å²) in [6.07, 6.45) is 1.34. The largest absolute Gasteiger partial charge is 0.497 e. The lowest BCUT2D eigenvalue weighted by molar-refractivity contribution is -0.203. The van der Waals surface area contributed by atoms with E-state index in [1.54, 1.807) is 32.5 Å². The Morgan fingerprint density at radius 2 is 1.45 bits per heavy atom. The molecular weight excluding hydrogens is 822 g/mol. The molecule has 3 fully saturated rings. The molecule has 12 nitrogen and oxygen atoms in total. The third kappa shape index (κ3) is 8.62. The Morgan fingerprint density at radius 3 is 2.07 bits per heavy atom. The van der Waals surface area contributed by atoms with Gasteiger partial charge in [0, 0.05) is 41.9 Å². The average molecular weight is 870 g/mol. The maximum absolute atomic E-state index is 13.4. The van der Waals surface area contributed by atoms with Crippen LogP contribution in [0.15, 0.2) is 125 Å². The number of aromatic amines is 1. The van der Waals surface area contributed by atoms with Gasteiger partial charge in [0.05, 0.1) is 27.4 Å². The van der Waals surface area contributed by atoms with Crippen LogP contribution >= 0.6 is 30.6 Å². The normalized spacial score (nSPS) is 21.9. The first kappa shape index (κ1) is 42.5. The molecule has 0 spiro atoms. The van der Waals surface area contributed by atoms with E-state index in [9.17, 15) is 14.4 Å². The summed E-state index contributed by atoms with van der Waals surface area (Å²) in [6, 6.07) is 35.0. The molecule has 1 N–H and O–H groups in total. The number of hydrogen-bond donors (Lipinski definition) is 1. The Labute approximate surface area is 358 Å². The molecule has 0 aliphatic carbocycles. The Morgan fingerprint density at radius 1 is 0.850 bits per heavy atom. The van der Waals surface area contributed by atoms with Crippen LogP contribution in [0, 0.1) is 6.92 Å². The standard InChI is InChI=1S/C45H48N3O9PS2/c1-31-28-48(43(51)46-40(31)49)41-38-39(57-58(47-24-10-11-25-47)60-27-26-59-42(50)32-12-6-4-7-13-32)44(56-41,29-54-38)30-55-45(33-14-8-5-9-15-33,34-16-20-36(52-2)21-17-34)35-18-22-37(53-3)23-19-35/h4-9,12-23,28,38-39,41H,10-11,24-27,29-30H2,1-3H3,(H,46,49,51)/t38-,39?,41+,44+,58?/m0/s1. The zero-order valence-electron chi connectivity index (χ0n) is 33.7. The minimum atomic E-state index is -1.25. The van der Waals surface area contributed by atoms with Gasteiger partial charge in [-0.3, -0.25) is 23.8 Å². The number of carbonyl (C=O) groups is 1. The molecule has 5 aromatic rings. The number of nitrogens with one attached hydrogen (secondary N) is 1. The van der Waals surface area contributed by atoms with Crippen molar-refractivity contribution in [2.24, 2.45) is 0 Å². The molecule has 314 valence electrons. The Bertz CT molecular complexity index is 2300. The molecule has 0 saturated carbocycles. The molecule has 8 rings (SSSR count). The second-order valence-electron chi connectivity index (χ2n) is 14.9. The molecule has 2 unspecified atom stereocenters. The molecule has 3 saturated heterocycles. The molecule has 3 aliphatic heterocycles. The van der Waals surface area contributed by atoms with Crippen molar-refractivity contribution in [3.05, 3.63) is 164 Å². The van der Waals surface area contributed by atoms with Gasteiger partial charge in [0.25, 0.3) is 5.56 Å². The highest BCUT2D eigenvalue weighted by Crippen LogP contribution is 2.61. The van der Waals surface area contributed by atoms with E-state index >= 15 is 0 Å². The fourth-order valence-corrected chi connectivity index (χ4v) is 13.3. The summed E-state index contributed by atoms with van der Waals surface area (Å²) in [7, 11) is 2.02. The highest BCUT2D eigenvalue weighted by molar-refractivity contribution is 8.53. The molecule has 3 aliphatic rings. The lowest BCUT2D eigenvalue weighted by Crippen LogP contribution is -2.49. The first-order valence-electron chi connectivity index (χ1n) is 19.9. The zero-order chi connectivity index (χ0) is 41.7. The molecule has 5 atom stereocenters. The number of aromatic nitrogens is 2. The lowest BCUT2D eigenvalue weighted by Gasteiger charge is -2.40. The molecule has 15 heteroatoms. The van der Waals surface area contributed by atoms with E-state index in [4.69, 9.17) is 28.2 Å². The fraction of sp³-hybridized carbons (Fsp3) is 0.356. The minimum Gasteiger partial charge on any atom is -0.497 e. The van der Waals surface area contributed by atoms with Gasteiger partial charge < -0.3 is 28.2 Å². The molecular formula is C45H48N3O9PS2. The van der Waals surface area contributed by atoms with Crippen LogP contribution in [0.4, 0.5) is 0 Å². The monoisotopic (exact) mass is 869 g/mol. The molecule has 0 amide bonds. The summed E-state index contributed by atoms with van der Waals surface area (Å²) in [6.45, 7) is 3.56. The summed E-state index contributed by atoms with van der Waals surface area (Å²) >= 11 is 3.01. The average Bonchev–Trinajstić information content (AvgIpc) is 4.02. The van der Waals surface area contributed by atoms with Crippen LogP contribution in [-0.4, -0.2) is 89.2 Å². The summed E-state index contributed by atoms with van der Waals surface area (Å²) in [5.74, 6) is 2.70. The van der Waals surface area contributed by atoms with Gasteiger partial charge in [-0.25, -0.2) is 4.79 Å². The van der Waals surface area contributed by atoms with Crippen LogP contribution in [0.3, 0.4) is 0 Å². The van der Waals surface area contributed by atoms with Gasteiger partial charge in [-0.15, -0.1) is 0 Å². The number of thioether (sulfide) groups is 1. The van der Waals surface area contributed by atoms with Crippen LogP contribution in [-0.2, 0) is 24.3 Å². The molecule has 4 heterocycles. The minimum absolute atomic E-state index is 0.00394. The smallest absolute Gasteiger partial charge is 0.330 e. The van der Waals surface area contributed by atoms with Crippen LogP contribution in [0.25, 0.3) is 0 Å². The number of aryl methyl sites for hydroxylation is 1. The molecule has 2 bridgehead atoms. The maximum atomic E-state index is 13.4. The Hall–Kier alpha value is -4.24. The summed E-state index contributed by atoms with van der Waals surface area (Å²) in [4.78, 5) is 41.3. The number of fused-ring (bicyclic) bond motifs is 2. The van der Waals surface area contributed by atoms with Crippen molar-refractivity contribution in [2.45, 2.75) is 49.4 Å². The van der Waals surface area contributed by atoms with Crippen molar-refractivity contribution in [3.63, 3.8) is 0 Å². The lowest BCUT2D eigenvalue weighted by atomic mass is 9.79. The maximum Gasteiger partial charge on any atom is 0.330 e. The highest BCUT2D eigenvalue weighted by Gasteiger charge is 2.65. The van der Waals surface area contributed by atoms with Crippen LogP contribution in [0.5, 0.6) is 11.5 Å². The number of benzene rings is 4. The summed E-state index contributed by atoms with van der Waals surface area (Å²) in [5, 5.41) is 0.0365. The van der Waals surface area contributed by atoms with E-state index in [0.29, 0.717) is 34.1 Å². The van der Waals surface area contributed by atoms with Crippen molar-refractivity contribution in [2.75, 3.05) is 52.0 Å². The van der Waals surface area contributed by atoms with E-state index in [1.165, 1.54) is 22.5 Å². The number of ether oxygens (including phenoxy) is 5. The topological polar surface area (TPSA) is 131 Å². The van der Waals surface area contributed by atoms with E-state index < -0.39 is 48.4 Å². The van der Waals surface area contributed by atoms with E-state index in [2.05, 4.69) is 9.65 Å². The predicted molar refractivity (Wildman–Crippen MR) is 235 cm³/mol. The van der Waals surface area contributed by atoms with Crippen molar-refractivity contribution < 1.29 is 33.0 Å². The quantitative estimate of drug-likeness (QED) is 0.0563. The van der Waals surface area contributed by atoms with Gasteiger partial charge in [0.1, 0.15) is 34.9 Å². The SMILES string of the molecule is COc1ccc(C(OC[C@]23CO[C@@H](C2OP(SCCSC(=O)c2ccccc2)N2CCCC2)[C@H](n2cc(C)c(=O)[nH]c2=O)O3)(c2ccccc2)c2ccc(OC)cc2)cc1. The van der Waals surface area contributed by atoms with Crippen molar-refractivity contribution in [3.8, 4) is 11.5 Å². The van der Waals surface area contributed by atoms with Crippen LogP contribution in [0.2, 0.25) is 0 Å². The van der Waals surface area contributed by atoms with Gasteiger partial charge in [-0.05, 0) is 60.7 Å². The van der Waals surface area contributed by atoms with Gasteiger partial charge >= 0.3 is 5.69 Å². The number of methoxy groups -OCH3 is 2. The van der Waals surface area contributed by atoms with Crippen LogP contribution in [0.1, 0.15) is 51.7 Å². The van der Waals surface area contributed by atoms with Crippen LogP contribution < -0.4 is 20.7 Å². The molecule has 1 aromatic heterocycles. The van der Waals surface area contributed by atoms with Crippen molar-refractivity contribution in [1.29, 1.82) is 0 Å².